The lowest BCUT2D eigenvalue weighted by molar-refractivity contribution is -0.122. The number of benzene rings is 1. The summed E-state index contributed by atoms with van der Waals surface area (Å²) in [4.78, 5) is 17.8. The summed E-state index contributed by atoms with van der Waals surface area (Å²) in [6.07, 6.45) is 2.17. The van der Waals surface area contributed by atoms with E-state index in [1.165, 1.54) is 5.56 Å². The second kappa shape index (κ2) is 6.91. The standard InChI is InChI=1S/C17H22N4O2/c1-21(2)11-12-3-6-14(7-4-12)17-19-16(23-20-17)9-13-5-8-15(22)18-10-13/h3-4,6-7,13H,5,8-11H2,1-2H3,(H,18,22). The van der Waals surface area contributed by atoms with E-state index < -0.39 is 0 Å². The first-order chi connectivity index (χ1) is 11.1. The molecular weight excluding hydrogens is 292 g/mol. The van der Waals surface area contributed by atoms with Crippen molar-refractivity contribution in [1.82, 2.24) is 20.4 Å². The summed E-state index contributed by atoms with van der Waals surface area (Å²) in [5, 5.41) is 6.95. The number of aromatic nitrogens is 2. The average molecular weight is 314 g/mol. The van der Waals surface area contributed by atoms with Crippen LogP contribution >= 0.6 is 0 Å². The van der Waals surface area contributed by atoms with Crippen molar-refractivity contribution in [2.24, 2.45) is 5.92 Å². The monoisotopic (exact) mass is 314 g/mol. The summed E-state index contributed by atoms with van der Waals surface area (Å²) in [5.41, 5.74) is 2.21. The Balaban J connectivity index is 1.63. The number of hydrogen-bond donors (Lipinski definition) is 1. The SMILES string of the molecule is CN(C)Cc1ccc(-c2noc(CC3CCC(=O)NC3)n2)cc1. The first-order valence-electron chi connectivity index (χ1n) is 7.93. The molecule has 1 saturated heterocycles. The Morgan fingerprint density at radius 3 is 2.74 bits per heavy atom. The Morgan fingerprint density at radius 1 is 1.30 bits per heavy atom. The highest BCUT2D eigenvalue weighted by Crippen LogP contribution is 2.20. The van der Waals surface area contributed by atoms with Gasteiger partial charge in [-0.1, -0.05) is 29.4 Å². The van der Waals surface area contributed by atoms with Crippen molar-refractivity contribution in [3.8, 4) is 11.4 Å². The van der Waals surface area contributed by atoms with Crippen molar-refractivity contribution >= 4 is 5.91 Å². The molecule has 1 aromatic heterocycles. The fraction of sp³-hybridized carbons (Fsp3) is 0.471. The Hall–Kier alpha value is -2.21. The molecule has 1 aliphatic heterocycles. The lowest BCUT2D eigenvalue weighted by Crippen LogP contribution is -2.35. The molecule has 1 amide bonds. The Bertz CT molecular complexity index is 653. The molecule has 2 heterocycles. The van der Waals surface area contributed by atoms with Gasteiger partial charge in [-0.15, -0.1) is 0 Å². The van der Waals surface area contributed by atoms with Crippen molar-refractivity contribution in [3.05, 3.63) is 35.7 Å². The highest BCUT2D eigenvalue weighted by molar-refractivity contribution is 5.76. The zero-order valence-electron chi connectivity index (χ0n) is 13.6. The molecule has 1 aliphatic rings. The molecule has 6 nitrogen and oxygen atoms in total. The molecule has 1 unspecified atom stereocenters. The molecule has 0 saturated carbocycles. The number of rotatable bonds is 5. The molecule has 1 aromatic carbocycles. The summed E-state index contributed by atoms with van der Waals surface area (Å²) in [6.45, 7) is 1.60. The second-order valence-corrected chi connectivity index (χ2v) is 6.36. The van der Waals surface area contributed by atoms with Crippen LogP contribution in [0.25, 0.3) is 11.4 Å². The third-order valence-corrected chi connectivity index (χ3v) is 4.01. The molecule has 0 spiro atoms. The van der Waals surface area contributed by atoms with Gasteiger partial charge >= 0.3 is 0 Å². The quantitative estimate of drug-likeness (QED) is 0.912. The van der Waals surface area contributed by atoms with E-state index in [1.54, 1.807) is 0 Å². The summed E-state index contributed by atoms with van der Waals surface area (Å²) < 4.78 is 5.36. The van der Waals surface area contributed by atoms with Crippen molar-refractivity contribution in [2.45, 2.75) is 25.8 Å². The van der Waals surface area contributed by atoms with Crippen LogP contribution in [-0.4, -0.2) is 41.6 Å². The molecule has 1 atom stereocenters. The molecule has 2 aromatic rings. The molecule has 0 aliphatic carbocycles. The normalized spacial score (nSPS) is 18.2. The van der Waals surface area contributed by atoms with E-state index >= 15 is 0 Å². The van der Waals surface area contributed by atoms with E-state index in [9.17, 15) is 4.79 Å². The zero-order chi connectivity index (χ0) is 16.2. The highest BCUT2D eigenvalue weighted by Gasteiger charge is 2.21. The van der Waals surface area contributed by atoms with Crippen LogP contribution in [0, 0.1) is 5.92 Å². The van der Waals surface area contributed by atoms with Gasteiger partial charge in [-0.3, -0.25) is 4.79 Å². The molecule has 1 fully saturated rings. The molecule has 0 radical (unpaired) electrons. The van der Waals surface area contributed by atoms with Gasteiger partial charge < -0.3 is 14.7 Å². The number of amides is 1. The first-order valence-corrected chi connectivity index (χ1v) is 7.93. The van der Waals surface area contributed by atoms with Gasteiger partial charge in [0.05, 0.1) is 0 Å². The minimum atomic E-state index is 0.130. The minimum Gasteiger partial charge on any atom is -0.356 e. The van der Waals surface area contributed by atoms with E-state index in [1.807, 2.05) is 26.2 Å². The molecule has 1 N–H and O–H groups in total. The molecule has 3 rings (SSSR count). The summed E-state index contributed by atoms with van der Waals surface area (Å²) in [7, 11) is 4.10. The third-order valence-electron chi connectivity index (χ3n) is 4.01. The van der Waals surface area contributed by atoms with Crippen molar-refractivity contribution in [3.63, 3.8) is 0 Å². The van der Waals surface area contributed by atoms with Crippen LogP contribution in [0.5, 0.6) is 0 Å². The number of nitrogens with one attached hydrogen (secondary N) is 1. The topological polar surface area (TPSA) is 71.3 Å². The number of hydrogen-bond acceptors (Lipinski definition) is 5. The Morgan fingerprint density at radius 2 is 2.09 bits per heavy atom. The van der Waals surface area contributed by atoms with Crippen LogP contribution in [0.4, 0.5) is 0 Å². The van der Waals surface area contributed by atoms with E-state index in [2.05, 4.69) is 32.5 Å². The second-order valence-electron chi connectivity index (χ2n) is 6.36. The van der Waals surface area contributed by atoms with Crippen LogP contribution in [0.3, 0.4) is 0 Å². The molecule has 23 heavy (non-hydrogen) atoms. The maximum absolute atomic E-state index is 11.2. The largest absolute Gasteiger partial charge is 0.356 e. The first kappa shape index (κ1) is 15.7. The summed E-state index contributed by atoms with van der Waals surface area (Å²) >= 11 is 0. The predicted octanol–water partition coefficient (Wildman–Crippen LogP) is 1.87. The van der Waals surface area contributed by atoms with Crippen LogP contribution < -0.4 is 5.32 Å². The molecule has 122 valence electrons. The minimum absolute atomic E-state index is 0.130. The van der Waals surface area contributed by atoms with Crippen molar-refractivity contribution < 1.29 is 9.32 Å². The van der Waals surface area contributed by atoms with Gasteiger partial charge in [0.25, 0.3) is 0 Å². The van der Waals surface area contributed by atoms with Gasteiger partial charge in [-0.05, 0) is 32.0 Å². The van der Waals surface area contributed by atoms with E-state index in [-0.39, 0.29) is 5.91 Å². The molecule has 0 bridgehead atoms. The average Bonchev–Trinajstić information content (AvgIpc) is 2.98. The summed E-state index contributed by atoms with van der Waals surface area (Å²) in [6, 6.07) is 8.21. The van der Waals surface area contributed by atoms with E-state index in [4.69, 9.17) is 4.52 Å². The number of piperidine rings is 1. The van der Waals surface area contributed by atoms with Crippen LogP contribution in [0.15, 0.2) is 28.8 Å². The van der Waals surface area contributed by atoms with Gasteiger partial charge in [-0.25, -0.2) is 0 Å². The lowest BCUT2D eigenvalue weighted by Gasteiger charge is -2.20. The zero-order valence-corrected chi connectivity index (χ0v) is 13.6. The lowest BCUT2D eigenvalue weighted by atomic mass is 9.96. The summed E-state index contributed by atoms with van der Waals surface area (Å²) in [5.74, 6) is 1.77. The fourth-order valence-corrected chi connectivity index (χ4v) is 2.78. The fourth-order valence-electron chi connectivity index (χ4n) is 2.78. The van der Waals surface area contributed by atoms with Gasteiger partial charge in [0.2, 0.25) is 17.6 Å². The maximum Gasteiger partial charge on any atom is 0.227 e. The van der Waals surface area contributed by atoms with Crippen LogP contribution in [0.2, 0.25) is 0 Å². The third kappa shape index (κ3) is 4.16. The highest BCUT2D eigenvalue weighted by atomic mass is 16.5. The Kier molecular flexibility index (Phi) is 4.71. The van der Waals surface area contributed by atoms with Crippen LogP contribution in [0.1, 0.15) is 24.3 Å². The number of carbonyl (C=O) groups is 1. The number of nitrogens with zero attached hydrogens (tertiary/aromatic N) is 3. The van der Waals surface area contributed by atoms with Crippen molar-refractivity contribution in [2.75, 3.05) is 20.6 Å². The number of carbonyl (C=O) groups excluding carboxylic acids is 1. The Labute approximate surface area is 135 Å². The van der Waals surface area contributed by atoms with E-state index in [0.29, 0.717) is 37.0 Å². The predicted molar refractivity (Wildman–Crippen MR) is 86.6 cm³/mol. The van der Waals surface area contributed by atoms with Gasteiger partial charge in [-0.2, -0.15) is 4.98 Å². The van der Waals surface area contributed by atoms with E-state index in [0.717, 1.165) is 18.5 Å². The van der Waals surface area contributed by atoms with Crippen molar-refractivity contribution in [1.29, 1.82) is 0 Å². The van der Waals surface area contributed by atoms with Gasteiger partial charge in [0.15, 0.2) is 0 Å². The maximum atomic E-state index is 11.2. The molecular formula is C17H22N4O2. The van der Waals surface area contributed by atoms with Gasteiger partial charge in [0.1, 0.15) is 0 Å². The van der Waals surface area contributed by atoms with Gasteiger partial charge in [0, 0.05) is 31.5 Å². The smallest absolute Gasteiger partial charge is 0.227 e. The van der Waals surface area contributed by atoms with Crippen LogP contribution in [-0.2, 0) is 17.8 Å². The molecule has 6 heteroatoms.